The van der Waals surface area contributed by atoms with Crippen molar-refractivity contribution >= 4 is 51.2 Å². The van der Waals surface area contributed by atoms with Gasteiger partial charge in [-0.2, -0.15) is 0 Å². The second kappa shape index (κ2) is 12.8. The van der Waals surface area contributed by atoms with Gasteiger partial charge < -0.3 is 24.4 Å². The van der Waals surface area contributed by atoms with E-state index in [0.29, 0.717) is 20.0 Å². The molecular weight excluding hydrogens is 722 g/mol. The summed E-state index contributed by atoms with van der Waals surface area (Å²) in [5, 5.41) is 18.5. The number of aromatic amines is 2. The number of hydrogen-bond donors (Lipinski definition) is 4. The molecule has 0 aromatic carbocycles. The minimum Gasteiger partial charge on any atom is -0.460 e. The van der Waals surface area contributed by atoms with E-state index in [0.717, 1.165) is 0 Å². The Labute approximate surface area is 236 Å². The largest absolute Gasteiger partial charge is 0.460 e. The second-order valence-corrected chi connectivity index (χ2v) is 10.6. The molecule has 0 spiro atoms. The van der Waals surface area contributed by atoms with Crippen molar-refractivity contribution in [1.29, 1.82) is 0 Å². The van der Waals surface area contributed by atoms with Crippen LogP contribution in [0.2, 0.25) is 0 Å². The number of rotatable bonds is 5. The maximum atomic E-state index is 11.8. The highest BCUT2D eigenvalue weighted by atomic mass is 127. The number of ether oxygens (including phenoxy) is 3. The van der Waals surface area contributed by atoms with E-state index in [1.165, 1.54) is 28.5 Å². The molecule has 0 amide bonds. The number of carbonyl (C=O) groups is 1. The first kappa shape index (κ1) is 29.7. The standard InChI is InChI=1S/C12H15IN2O5.C9H11IN2O5/c1-3-8-9(19-6(2)16)4-10(20-8)15-5-7(13)11(17)14-12(15)18;10-4-2-12(9(16)11-8(4)15)7-1-5(14)6(3-13)17-7/h5,8-10H,3-4H2,1-2H3,(H,14,17,18);2,5-7,13-14H,1,3H2,(H,11,15,16)/t8-,9-,10-;5-,6-,7-/m11/s1. The van der Waals surface area contributed by atoms with Crippen LogP contribution in [-0.4, -0.2) is 66.3 Å². The molecule has 4 heterocycles. The smallest absolute Gasteiger partial charge is 0.330 e. The lowest BCUT2D eigenvalue weighted by Gasteiger charge is -2.16. The Hall–Kier alpha value is -1.87. The Kier molecular flexibility index (Phi) is 10.3. The average molecular weight is 748 g/mol. The fourth-order valence-corrected chi connectivity index (χ4v) is 4.84. The van der Waals surface area contributed by atoms with Crippen LogP contribution in [0.15, 0.2) is 31.6 Å². The number of H-pyrrole nitrogens is 2. The number of esters is 1. The lowest BCUT2D eigenvalue weighted by Crippen LogP contribution is -2.33. The summed E-state index contributed by atoms with van der Waals surface area (Å²) in [5.41, 5.74) is -2.00. The fraction of sp³-hybridized carbons (Fsp3) is 0.571. The maximum Gasteiger partial charge on any atom is 0.330 e. The molecule has 2 fully saturated rings. The molecule has 0 aliphatic carbocycles. The van der Waals surface area contributed by atoms with E-state index in [1.54, 1.807) is 22.6 Å². The zero-order valence-electron chi connectivity index (χ0n) is 19.8. The van der Waals surface area contributed by atoms with E-state index in [2.05, 4.69) is 9.97 Å². The van der Waals surface area contributed by atoms with Gasteiger partial charge >= 0.3 is 17.3 Å². The number of aliphatic hydroxyl groups excluding tert-OH is 2. The van der Waals surface area contributed by atoms with Gasteiger partial charge in [-0.25, -0.2) is 9.59 Å². The van der Waals surface area contributed by atoms with Crippen molar-refractivity contribution < 1.29 is 29.2 Å². The van der Waals surface area contributed by atoms with Crippen LogP contribution in [0.5, 0.6) is 0 Å². The van der Waals surface area contributed by atoms with Crippen molar-refractivity contribution in [3.05, 3.63) is 61.2 Å². The predicted molar refractivity (Wildman–Crippen MR) is 144 cm³/mol. The van der Waals surface area contributed by atoms with Crippen LogP contribution in [0.25, 0.3) is 0 Å². The molecule has 204 valence electrons. The van der Waals surface area contributed by atoms with Crippen molar-refractivity contribution in [3.63, 3.8) is 0 Å². The highest BCUT2D eigenvalue weighted by Crippen LogP contribution is 2.31. The molecule has 2 aromatic heterocycles. The third kappa shape index (κ3) is 7.16. The third-order valence-electron chi connectivity index (χ3n) is 5.75. The van der Waals surface area contributed by atoms with E-state index in [-0.39, 0.29) is 31.2 Å². The highest BCUT2D eigenvalue weighted by molar-refractivity contribution is 14.1. The first-order valence-electron chi connectivity index (χ1n) is 11.2. The maximum absolute atomic E-state index is 11.8. The van der Waals surface area contributed by atoms with Crippen molar-refractivity contribution in [1.82, 2.24) is 19.1 Å². The Morgan fingerprint density at radius 1 is 1.00 bits per heavy atom. The number of aromatic nitrogens is 4. The number of hydrogen-bond acceptors (Lipinski definition) is 10. The fourth-order valence-electron chi connectivity index (χ4n) is 3.97. The summed E-state index contributed by atoms with van der Waals surface area (Å²) in [5.74, 6) is -0.374. The van der Waals surface area contributed by atoms with E-state index < -0.39 is 47.2 Å². The topological polar surface area (TPSA) is 195 Å². The molecule has 2 aliphatic heterocycles. The Morgan fingerprint density at radius 2 is 1.49 bits per heavy atom. The van der Waals surface area contributed by atoms with E-state index in [1.807, 2.05) is 29.5 Å². The quantitative estimate of drug-likeness (QED) is 0.230. The molecular formula is C21H26I2N4O10. The first-order valence-corrected chi connectivity index (χ1v) is 13.4. The molecule has 0 radical (unpaired) electrons. The highest BCUT2D eigenvalue weighted by Gasteiger charge is 2.38. The van der Waals surface area contributed by atoms with Gasteiger partial charge in [-0.3, -0.25) is 33.5 Å². The van der Waals surface area contributed by atoms with Crippen LogP contribution in [-0.2, 0) is 19.0 Å². The summed E-state index contributed by atoms with van der Waals surface area (Å²) in [4.78, 5) is 61.4. The van der Waals surface area contributed by atoms with Crippen molar-refractivity contribution in [2.45, 2.75) is 70.0 Å². The number of nitrogens with zero attached hydrogens (tertiary/aromatic N) is 2. The Bertz CT molecular complexity index is 1350. The molecule has 14 nitrogen and oxygen atoms in total. The average Bonchev–Trinajstić information content (AvgIpc) is 3.41. The SMILES string of the molecule is CC[C@H]1O[C@@H](n2cc(I)c(=O)[nH]c2=O)C[C@H]1OC(C)=O.O=c1[nH]c(=O)n([C@H]2C[C@@H](O)[C@@H](CO)O2)cc1I. The molecule has 0 bridgehead atoms. The van der Waals surface area contributed by atoms with Crippen LogP contribution >= 0.6 is 45.2 Å². The van der Waals surface area contributed by atoms with Gasteiger partial charge in [-0.05, 0) is 51.6 Å². The zero-order chi connectivity index (χ0) is 27.4. The summed E-state index contributed by atoms with van der Waals surface area (Å²) < 4.78 is 19.6. The third-order valence-corrected chi connectivity index (χ3v) is 7.29. The molecule has 2 aromatic rings. The van der Waals surface area contributed by atoms with Crippen molar-refractivity contribution in [3.8, 4) is 0 Å². The van der Waals surface area contributed by atoms with Crippen molar-refractivity contribution in [2.75, 3.05) is 6.61 Å². The molecule has 6 atom stereocenters. The minimum atomic E-state index is -0.818. The summed E-state index contributed by atoms with van der Waals surface area (Å²) in [6.45, 7) is 2.95. The Balaban J connectivity index is 0.000000208. The second-order valence-electron chi connectivity index (χ2n) is 8.32. The summed E-state index contributed by atoms with van der Waals surface area (Å²) >= 11 is 3.65. The molecule has 0 saturated carbocycles. The number of halogens is 2. The van der Waals surface area contributed by atoms with E-state index >= 15 is 0 Å². The van der Waals surface area contributed by atoms with Crippen LogP contribution in [0, 0.1) is 7.14 Å². The van der Waals surface area contributed by atoms with E-state index in [9.17, 15) is 29.1 Å². The number of carbonyl (C=O) groups excluding carboxylic acids is 1. The van der Waals surface area contributed by atoms with Gasteiger partial charge in [0.05, 0.1) is 26.0 Å². The van der Waals surface area contributed by atoms with Crippen molar-refractivity contribution in [2.24, 2.45) is 0 Å². The van der Waals surface area contributed by atoms with Crippen LogP contribution in [0.3, 0.4) is 0 Å². The van der Waals surface area contributed by atoms with Gasteiger partial charge in [0.1, 0.15) is 24.7 Å². The van der Waals surface area contributed by atoms with Gasteiger partial charge in [0.15, 0.2) is 0 Å². The van der Waals surface area contributed by atoms with Crippen LogP contribution in [0.4, 0.5) is 0 Å². The zero-order valence-corrected chi connectivity index (χ0v) is 24.1. The molecule has 2 aliphatic rings. The molecule has 4 N–H and O–H groups in total. The lowest BCUT2D eigenvalue weighted by molar-refractivity contribution is -0.149. The minimum absolute atomic E-state index is 0.202. The van der Waals surface area contributed by atoms with Gasteiger partial charge in [-0.15, -0.1) is 0 Å². The first-order chi connectivity index (χ1) is 17.4. The summed E-state index contributed by atoms with van der Waals surface area (Å²) in [6, 6.07) is 0. The van der Waals surface area contributed by atoms with Gasteiger partial charge in [0.25, 0.3) is 11.1 Å². The molecule has 37 heavy (non-hydrogen) atoms. The van der Waals surface area contributed by atoms with E-state index in [4.69, 9.17) is 19.3 Å². The molecule has 2 saturated heterocycles. The Morgan fingerprint density at radius 3 is 1.92 bits per heavy atom. The molecule has 16 heteroatoms. The lowest BCUT2D eigenvalue weighted by atomic mass is 10.1. The normalized spacial score (nSPS) is 27.0. The van der Waals surface area contributed by atoms with Crippen LogP contribution < -0.4 is 22.5 Å². The van der Waals surface area contributed by atoms with Gasteiger partial charge in [0.2, 0.25) is 0 Å². The molecule has 4 rings (SSSR count). The number of nitrogens with one attached hydrogen (secondary N) is 2. The predicted octanol–water partition coefficient (Wildman–Crippen LogP) is -0.448. The monoisotopic (exact) mass is 748 g/mol. The van der Waals surface area contributed by atoms with Gasteiger partial charge in [0, 0.05) is 32.2 Å². The van der Waals surface area contributed by atoms with Crippen LogP contribution in [0.1, 0.15) is 45.6 Å². The summed E-state index contributed by atoms with van der Waals surface area (Å²) in [7, 11) is 0. The van der Waals surface area contributed by atoms with Gasteiger partial charge in [-0.1, -0.05) is 6.92 Å². The summed E-state index contributed by atoms with van der Waals surface area (Å²) in [6.07, 6.45) is 0.741. The molecule has 0 unspecified atom stereocenters. The number of aliphatic hydroxyl groups is 2.